The van der Waals surface area contributed by atoms with Crippen LogP contribution in [0.1, 0.15) is 6.92 Å². The van der Waals surface area contributed by atoms with Crippen LogP contribution < -0.4 is 9.47 Å². The monoisotopic (exact) mass is 305 g/mol. The lowest BCUT2D eigenvalue weighted by atomic mass is 10.2. The number of halogens is 4. The van der Waals surface area contributed by atoms with E-state index in [4.69, 9.17) is 16.3 Å². The van der Waals surface area contributed by atoms with E-state index in [0.717, 1.165) is 0 Å². The highest BCUT2D eigenvalue weighted by molar-refractivity contribution is 6.35. The minimum absolute atomic E-state index is 0.175. The number of benzene rings is 1. The van der Waals surface area contributed by atoms with Crippen molar-refractivity contribution in [3.63, 3.8) is 0 Å². The molecule has 0 unspecified atom stereocenters. The Morgan fingerprint density at radius 3 is 2.65 bits per heavy atom. The fraction of sp³-hybridized carbons (Fsp3) is 0.308. The fourth-order valence-electron chi connectivity index (χ4n) is 1.66. The number of hydrogen-bond acceptors (Lipinski definition) is 3. The molecule has 0 aliphatic carbocycles. The lowest BCUT2D eigenvalue weighted by Gasteiger charge is -2.12. The zero-order chi connectivity index (χ0) is 14.8. The molecule has 0 spiro atoms. The summed E-state index contributed by atoms with van der Waals surface area (Å²) in [5.74, 6) is 0.212. The maximum absolute atomic E-state index is 12.2. The summed E-state index contributed by atoms with van der Waals surface area (Å²) in [4.78, 5) is 3.99. The van der Waals surface area contributed by atoms with E-state index in [0.29, 0.717) is 28.3 Å². The largest absolute Gasteiger partial charge is 0.493 e. The molecule has 0 saturated heterocycles. The first kappa shape index (κ1) is 14.7. The molecule has 0 radical (unpaired) electrons. The Hall–Kier alpha value is -1.69. The van der Waals surface area contributed by atoms with Crippen molar-refractivity contribution in [1.29, 1.82) is 0 Å². The van der Waals surface area contributed by atoms with Crippen LogP contribution in [0.25, 0.3) is 10.9 Å². The number of hydrogen-bond donors (Lipinski definition) is 0. The second kappa shape index (κ2) is 5.75. The van der Waals surface area contributed by atoms with Crippen molar-refractivity contribution in [3.8, 4) is 11.6 Å². The van der Waals surface area contributed by atoms with Gasteiger partial charge in [0.1, 0.15) is 5.75 Å². The van der Waals surface area contributed by atoms with Crippen molar-refractivity contribution in [2.45, 2.75) is 13.1 Å². The highest BCUT2D eigenvalue weighted by Gasteiger charge is 2.29. The van der Waals surface area contributed by atoms with E-state index in [1.54, 1.807) is 25.1 Å². The lowest BCUT2D eigenvalue weighted by molar-refractivity contribution is -0.154. The van der Waals surface area contributed by atoms with Gasteiger partial charge in [-0.3, -0.25) is 0 Å². The van der Waals surface area contributed by atoms with Gasteiger partial charge in [-0.25, -0.2) is 4.98 Å². The SMILES string of the molecule is CCOc1cc(OCC(F)(F)F)nc2c(Cl)cccc12. The lowest BCUT2D eigenvalue weighted by Crippen LogP contribution is -2.19. The standard InChI is InChI=1S/C13H11ClF3NO2/c1-2-19-10-6-11(20-7-13(15,16)17)18-12-8(10)4-3-5-9(12)14/h3-6H,2,7H2,1H3. The first-order valence-electron chi connectivity index (χ1n) is 5.82. The number of alkyl halides is 3. The highest BCUT2D eigenvalue weighted by atomic mass is 35.5. The number of fused-ring (bicyclic) bond motifs is 1. The second-order valence-corrected chi connectivity index (χ2v) is 4.34. The number of rotatable bonds is 4. The third-order valence-electron chi connectivity index (χ3n) is 2.41. The van der Waals surface area contributed by atoms with Crippen molar-refractivity contribution >= 4 is 22.5 Å². The number of aromatic nitrogens is 1. The molecule has 0 aliphatic rings. The maximum atomic E-state index is 12.2. The Bertz CT molecular complexity index is 616. The first-order chi connectivity index (χ1) is 9.40. The summed E-state index contributed by atoms with van der Waals surface area (Å²) in [6, 6.07) is 6.37. The third-order valence-corrected chi connectivity index (χ3v) is 2.72. The van der Waals surface area contributed by atoms with Crippen molar-refractivity contribution in [2.24, 2.45) is 0 Å². The first-order valence-corrected chi connectivity index (χ1v) is 6.20. The predicted molar refractivity (Wildman–Crippen MR) is 69.5 cm³/mol. The summed E-state index contributed by atoms with van der Waals surface area (Å²) in [7, 11) is 0. The molecule has 20 heavy (non-hydrogen) atoms. The molecule has 1 aromatic carbocycles. The Kier molecular flexibility index (Phi) is 4.23. The van der Waals surface area contributed by atoms with Crippen LogP contribution >= 0.6 is 11.6 Å². The van der Waals surface area contributed by atoms with Crippen LogP contribution in [0.4, 0.5) is 13.2 Å². The molecular formula is C13H11ClF3NO2. The molecule has 0 fully saturated rings. The smallest absolute Gasteiger partial charge is 0.422 e. The van der Waals surface area contributed by atoms with Crippen LogP contribution in [0, 0.1) is 0 Å². The topological polar surface area (TPSA) is 31.4 Å². The van der Waals surface area contributed by atoms with E-state index in [9.17, 15) is 13.2 Å². The minimum atomic E-state index is -4.43. The van der Waals surface area contributed by atoms with Crippen LogP contribution in [-0.4, -0.2) is 24.4 Å². The minimum Gasteiger partial charge on any atom is -0.493 e. The molecule has 0 amide bonds. The van der Waals surface area contributed by atoms with E-state index in [1.165, 1.54) is 6.07 Å². The van der Waals surface area contributed by atoms with E-state index >= 15 is 0 Å². The average Bonchev–Trinajstić information content (AvgIpc) is 2.37. The van der Waals surface area contributed by atoms with Gasteiger partial charge in [0.05, 0.1) is 17.1 Å². The zero-order valence-corrected chi connectivity index (χ0v) is 11.3. The Morgan fingerprint density at radius 1 is 1.25 bits per heavy atom. The van der Waals surface area contributed by atoms with Crippen LogP contribution in [0.2, 0.25) is 5.02 Å². The summed E-state index contributed by atoms with van der Waals surface area (Å²) in [6.07, 6.45) is -4.43. The molecule has 0 N–H and O–H groups in total. The Labute approximate surface area is 118 Å². The van der Waals surface area contributed by atoms with Crippen LogP contribution in [0.5, 0.6) is 11.6 Å². The highest BCUT2D eigenvalue weighted by Crippen LogP contribution is 2.33. The van der Waals surface area contributed by atoms with Crippen molar-refractivity contribution in [2.75, 3.05) is 13.2 Å². The van der Waals surface area contributed by atoms with Crippen molar-refractivity contribution in [3.05, 3.63) is 29.3 Å². The Balaban J connectivity index is 2.43. The van der Waals surface area contributed by atoms with Gasteiger partial charge in [-0.15, -0.1) is 0 Å². The van der Waals surface area contributed by atoms with Gasteiger partial charge in [-0.05, 0) is 19.1 Å². The molecule has 1 heterocycles. The van der Waals surface area contributed by atoms with Gasteiger partial charge < -0.3 is 9.47 Å². The molecule has 0 atom stereocenters. The molecule has 7 heteroatoms. The molecule has 2 rings (SSSR count). The molecule has 0 saturated carbocycles. The predicted octanol–water partition coefficient (Wildman–Crippen LogP) is 4.23. The Morgan fingerprint density at radius 2 is 2.00 bits per heavy atom. The molecule has 2 aromatic rings. The van der Waals surface area contributed by atoms with E-state index in [2.05, 4.69) is 9.72 Å². The summed E-state index contributed by atoms with van der Waals surface area (Å²) in [6.45, 7) is 0.721. The third kappa shape index (κ3) is 3.45. The number of pyridine rings is 1. The van der Waals surface area contributed by atoms with Crippen molar-refractivity contribution < 1.29 is 22.6 Å². The van der Waals surface area contributed by atoms with Crippen molar-refractivity contribution in [1.82, 2.24) is 4.98 Å². The van der Waals surface area contributed by atoms with Crippen LogP contribution in [0.3, 0.4) is 0 Å². The van der Waals surface area contributed by atoms with Gasteiger partial charge in [0.15, 0.2) is 6.61 Å². The molecule has 1 aromatic heterocycles. The maximum Gasteiger partial charge on any atom is 0.422 e. The number of ether oxygens (including phenoxy) is 2. The van der Waals surface area contributed by atoms with Crippen LogP contribution in [0.15, 0.2) is 24.3 Å². The quantitative estimate of drug-likeness (QED) is 0.847. The number of nitrogens with zero attached hydrogens (tertiary/aromatic N) is 1. The second-order valence-electron chi connectivity index (χ2n) is 3.93. The average molecular weight is 306 g/mol. The fourth-order valence-corrected chi connectivity index (χ4v) is 1.88. The molecule has 0 bridgehead atoms. The van der Waals surface area contributed by atoms with Gasteiger partial charge in [0.25, 0.3) is 0 Å². The van der Waals surface area contributed by atoms with Crippen LogP contribution in [-0.2, 0) is 0 Å². The number of para-hydroxylation sites is 1. The summed E-state index contributed by atoms with van der Waals surface area (Å²) >= 11 is 6.00. The van der Waals surface area contributed by atoms with Gasteiger partial charge >= 0.3 is 6.18 Å². The van der Waals surface area contributed by atoms with E-state index in [-0.39, 0.29) is 5.88 Å². The van der Waals surface area contributed by atoms with Gasteiger partial charge in [-0.1, -0.05) is 17.7 Å². The summed E-state index contributed by atoms with van der Waals surface area (Å²) in [5.41, 5.74) is 0.345. The van der Waals surface area contributed by atoms with E-state index < -0.39 is 12.8 Å². The zero-order valence-electron chi connectivity index (χ0n) is 10.5. The molecule has 0 aliphatic heterocycles. The summed E-state index contributed by atoms with van der Waals surface area (Å²) < 4.78 is 46.6. The van der Waals surface area contributed by atoms with Gasteiger partial charge in [0, 0.05) is 11.5 Å². The normalized spacial score (nSPS) is 11.7. The molecule has 3 nitrogen and oxygen atoms in total. The summed E-state index contributed by atoms with van der Waals surface area (Å²) in [5, 5.41) is 0.944. The van der Waals surface area contributed by atoms with Gasteiger partial charge in [-0.2, -0.15) is 13.2 Å². The van der Waals surface area contributed by atoms with E-state index in [1.807, 2.05) is 0 Å². The molecule has 108 valence electrons. The molecular weight excluding hydrogens is 295 g/mol. The van der Waals surface area contributed by atoms with Gasteiger partial charge in [0.2, 0.25) is 5.88 Å².